The number of benzene rings is 1. The first-order valence-corrected chi connectivity index (χ1v) is 5.10. The second-order valence-corrected chi connectivity index (χ2v) is 3.15. The first-order chi connectivity index (χ1) is 6.79. The summed E-state index contributed by atoms with van der Waals surface area (Å²) in [5.74, 6) is 0. The number of halogens is 1. The highest BCUT2D eigenvalue weighted by Gasteiger charge is 2.16. The fourth-order valence-electron chi connectivity index (χ4n) is 1.36. The highest BCUT2D eigenvalue weighted by atomic mass is 35.5. The van der Waals surface area contributed by atoms with Crippen molar-refractivity contribution in [3.05, 3.63) is 34.3 Å². The van der Waals surface area contributed by atoms with Crippen LogP contribution in [-0.2, 0) is 11.3 Å². The Bertz CT molecular complexity index is 336. The molecule has 2 rings (SSSR count). The third kappa shape index (κ3) is 2.14. The Balaban J connectivity index is 0.000000461. The van der Waals surface area contributed by atoms with E-state index in [4.69, 9.17) is 21.7 Å². The fourth-order valence-corrected chi connectivity index (χ4v) is 1.67. The molecule has 0 amide bonds. The molecular formula is C11H14ClNO. The van der Waals surface area contributed by atoms with Gasteiger partial charge in [0.25, 0.3) is 0 Å². The Morgan fingerprint density at radius 1 is 1.29 bits per heavy atom. The molecule has 3 heteroatoms. The highest BCUT2D eigenvalue weighted by Crippen LogP contribution is 2.24. The topological polar surface area (TPSA) is 33.1 Å². The summed E-state index contributed by atoms with van der Waals surface area (Å²) in [6.07, 6.45) is 0. The van der Waals surface area contributed by atoms with Crippen molar-refractivity contribution in [2.24, 2.45) is 0 Å². The zero-order valence-electron chi connectivity index (χ0n) is 8.43. The third-order valence-corrected chi connectivity index (χ3v) is 2.22. The van der Waals surface area contributed by atoms with Gasteiger partial charge in [0.05, 0.1) is 23.9 Å². The first kappa shape index (κ1) is 11.2. The summed E-state index contributed by atoms with van der Waals surface area (Å²) in [6.45, 7) is 4.94. The minimum atomic E-state index is 0.372. The summed E-state index contributed by atoms with van der Waals surface area (Å²) in [5, 5.41) is 8.26. The quantitative estimate of drug-likeness (QED) is 0.702. The zero-order chi connectivity index (χ0) is 10.6. The SMILES string of the molecule is CC.N=C1COCc2cccc(Cl)c21. The number of nitrogens with one attached hydrogen (secondary N) is 1. The Labute approximate surface area is 89.4 Å². The monoisotopic (exact) mass is 211 g/mol. The molecule has 14 heavy (non-hydrogen) atoms. The molecule has 0 spiro atoms. The molecule has 1 aromatic rings. The van der Waals surface area contributed by atoms with Crippen molar-refractivity contribution >= 4 is 17.3 Å². The van der Waals surface area contributed by atoms with E-state index in [2.05, 4.69) is 0 Å². The van der Waals surface area contributed by atoms with E-state index >= 15 is 0 Å². The molecule has 1 aromatic carbocycles. The normalized spacial score (nSPS) is 14.1. The molecule has 2 nitrogen and oxygen atoms in total. The lowest BCUT2D eigenvalue weighted by atomic mass is 10.0. The minimum Gasteiger partial charge on any atom is -0.370 e. The molecule has 0 bridgehead atoms. The molecule has 0 fully saturated rings. The van der Waals surface area contributed by atoms with Crippen molar-refractivity contribution in [2.75, 3.05) is 6.61 Å². The average Bonchev–Trinajstić information content (AvgIpc) is 2.21. The van der Waals surface area contributed by atoms with Gasteiger partial charge in [0.15, 0.2) is 0 Å². The smallest absolute Gasteiger partial charge is 0.0892 e. The van der Waals surface area contributed by atoms with Gasteiger partial charge in [0.2, 0.25) is 0 Å². The van der Waals surface area contributed by atoms with Crippen LogP contribution in [0.3, 0.4) is 0 Å². The molecule has 0 atom stereocenters. The van der Waals surface area contributed by atoms with Crippen LogP contribution in [0.5, 0.6) is 0 Å². The Morgan fingerprint density at radius 3 is 2.64 bits per heavy atom. The van der Waals surface area contributed by atoms with Gasteiger partial charge in [0.1, 0.15) is 0 Å². The highest BCUT2D eigenvalue weighted by molar-refractivity contribution is 6.34. The lowest BCUT2D eigenvalue weighted by molar-refractivity contribution is 0.152. The molecule has 1 heterocycles. The summed E-state index contributed by atoms with van der Waals surface area (Å²) in [7, 11) is 0. The van der Waals surface area contributed by atoms with Crippen LogP contribution in [0.4, 0.5) is 0 Å². The predicted octanol–water partition coefficient (Wildman–Crippen LogP) is 3.26. The molecule has 0 saturated heterocycles. The van der Waals surface area contributed by atoms with E-state index in [-0.39, 0.29) is 0 Å². The number of ether oxygens (including phenoxy) is 1. The number of fused-ring (bicyclic) bond motifs is 1. The second-order valence-electron chi connectivity index (χ2n) is 2.75. The van der Waals surface area contributed by atoms with Crippen molar-refractivity contribution in [1.82, 2.24) is 0 Å². The molecule has 0 aliphatic carbocycles. The molecule has 1 aliphatic rings. The van der Waals surface area contributed by atoms with E-state index in [0.717, 1.165) is 11.1 Å². The second kappa shape index (κ2) is 5.13. The van der Waals surface area contributed by atoms with Crippen LogP contribution in [0.25, 0.3) is 0 Å². The van der Waals surface area contributed by atoms with Crippen LogP contribution >= 0.6 is 11.6 Å². The van der Waals surface area contributed by atoms with Gasteiger partial charge in [-0.2, -0.15) is 0 Å². The van der Waals surface area contributed by atoms with Gasteiger partial charge >= 0.3 is 0 Å². The van der Waals surface area contributed by atoms with E-state index in [0.29, 0.717) is 23.9 Å². The van der Waals surface area contributed by atoms with Crippen molar-refractivity contribution in [1.29, 1.82) is 5.41 Å². The van der Waals surface area contributed by atoms with Crippen LogP contribution in [0.2, 0.25) is 5.02 Å². The van der Waals surface area contributed by atoms with E-state index in [9.17, 15) is 0 Å². The van der Waals surface area contributed by atoms with Gasteiger partial charge in [-0.1, -0.05) is 37.6 Å². The zero-order valence-corrected chi connectivity index (χ0v) is 9.19. The van der Waals surface area contributed by atoms with Crippen molar-refractivity contribution in [2.45, 2.75) is 20.5 Å². The standard InChI is InChI=1S/C9H8ClNO.C2H6/c10-7-3-1-2-6-4-12-5-8(11)9(6)7;1-2/h1-3,11H,4-5H2;1-2H3. The van der Waals surface area contributed by atoms with Gasteiger partial charge in [-0.15, -0.1) is 0 Å². The Kier molecular flexibility index (Phi) is 4.11. The third-order valence-electron chi connectivity index (χ3n) is 1.91. The van der Waals surface area contributed by atoms with Gasteiger partial charge in [-0.3, -0.25) is 0 Å². The van der Waals surface area contributed by atoms with Gasteiger partial charge in [-0.25, -0.2) is 0 Å². The van der Waals surface area contributed by atoms with E-state index in [1.54, 1.807) is 6.07 Å². The summed E-state index contributed by atoms with van der Waals surface area (Å²) in [6, 6.07) is 5.62. The van der Waals surface area contributed by atoms with Gasteiger partial charge in [-0.05, 0) is 11.6 Å². The van der Waals surface area contributed by atoms with Crippen molar-refractivity contribution in [3.63, 3.8) is 0 Å². The lowest BCUT2D eigenvalue weighted by Crippen LogP contribution is -2.18. The maximum Gasteiger partial charge on any atom is 0.0892 e. The van der Waals surface area contributed by atoms with Crippen molar-refractivity contribution < 1.29 is 4.74 Å². The van der Waals surface area contributed by atoms with E-state index in [1.807, 2.05) is 26.0 Å². The van der Waals surface area contributed by atoms with Crippen LogP contribution < -0.4 is 0 Å². The van der Waals surface area contributed by atoms with Gasteiger partial charge < -0.3 is 10.1 Å². The molecule has 0 unspecified atom stereocenters. The summed E-state index contributed by atoms with van der Waals surface area (Å²) < 4.78 is 5.18. The van der Waals surface area contributed by atoms with Crippen LogP contribution in [0, 0.1) is 5.41 Å². The Hall–Kier alpha value is -0.860. The van der Waals surface area contributed by atoms with Crippen molar-refractivity contribution in [3.8, 4) is 0 Å². The Morgan fingerprint density at radius 2 is 2.00 bits per heavy atom. The number of hydrogen-bond acceptors (Lipinski definition) is 2. The summed E-state index contributed by atoms with van der Waals surface area (Å²) in [5.41, 5.74) is 2.34. The summed E-state index contributed by atoms with van der Waals surface area (Å²) in [4.78, 5) is 0. The minimum absolute atomic E-state index is 0.372. The van der Waals surface area contributed by atoms with Gasteiger partial charge in [0, 0.05) is 5.56 Å². The predicted molar refractivity (Wildman–Crippen MR) is 59.3 cm³/mol. The lowest BCUT2D eigenvalue weighted by Gasteiger charge is -2.17. The van der Waals surface area contributed by atoms with E-state index < -0.39 is 0 Å². The van der Waals surface area contributed by atoms with Crippen LogP contribution in [0.1, 0.15) is 25.0 Å². The average molecular weight is 212 g/mol. The summed E-state index contributed by atoms with van der Waals surface area (Å²) >= 11 is 5.94. The number of hydrogen-bond donors (Lipinski definition) is 1. The maximum atomic E-state index is 7.60. The fraction of sp³-hybridized carbons (Fsp3) is 0.364. The molecule has 0 saturated carbocycles. The molecule has 76 valence electrons. The largest absolute Gasteiger partial charge is 0.370 e. The van der Waals surface area contributed by atoms with Crippen LogP contribution in [-0.4, -0.2) is 12.3 Å². The maximum absolute atomic E-state index is 7.60. The molecule has 1 N–H and O–H groups in total. The molecule has 0 aromatic heterocycles. The molecule has 0 radical (unpaired) electrons. The molecule has 1 aliphatic heterocycles. The molecular weight excluding hydrogens is 198 g/mol. The first-order valence-electron chi connectivity index (χ1n) is 4.72. The number of rotatable bonds is 0. The van der Waals surface area contributed by atoms with E-state index in [1.165, 1.54) is 0 Å². The van der Waals surface area contributed by atoms with Crippen LogP contribution in [0.15, 0.2) is 18.2 Å².